The van der Waals surface area contributed by atoms with Crippen LogP contribution < -0.4 is 0 Å². The lowest BCUT2D eigenvalue weighted by Crippen LogP contribution is -2.24. The predicted molar refractivity (Wildman–Crippen MR) is 88.2 cm³/mol. The molecule has 3 rings (SSSR count). The van der Waals surface area contributed by atoms with Crippen LogP contribution in [0.1, 0.15) is 49.4 Å². The van der Waals surface area contributed by atoms with Gasteiger partial charge in [-0.3, -0.25) is 0 Å². The van der Waals surface area contributed by atoms with Gasteiger partial charge in [-0.2, -0.15) is 0 Å². The van der Waals surface area contributed by atoms with Gasteiger partial charge in [0, 0.05) is 12.8 Å². The van der Waals surface area contributed by atoms with E-state index in [0.29, 0.717) is 0 Å². The largest absolute Gasteiger partial charge is 0.465 e. The molecule has 0 saturated heterocycles. The molecule has 0 fully saturated rings. The molecule has 0 bridgehead atoms. The third-order valence-electron chi connectivity index (χ3n) is 4.36. The summed E-state index contributed by atoms with van der Waals surface area (Å²) in [6.07, 6.45) is 1.78. The molecular weight excluding hydrogens is 272 g/mol. The lowest BCUT2D eigenvalue weighted by atomic mass is 9.78. The average Bonchev–Trinajstić information content (AvgIpc) is 3.24. The molecule has 2 aromatic heterocycles. The van der Waals surface area contributed by atoms with E-state index in [4.69, 9.17) is 8.83 Å². The van der Waals surface area contributed by atoms with Crippen molar-refractivity contribution in [3.05, 3.63) is 83.2 Å². The number of hydrogen-bond acceptors (Lipinski definition) is 2. The van der Waals surface area contributed by atoms with Gasteiger partial charge in [-0.25, -0.2) is 0 Å². The fraction of sp³-hybridized carbons (Fsp3) is 0.300. The molecule has 2 heterocycles. The van der Waals surface area contributed by atoms with Crippen LogP contribution in [0.5, 0.6) is 0 Å². The second kappa shape index (κ2) is 5.88. The van der Waals surface area contributed by atoms with Gasteiger partial charge in [-0.15, -0.1) is 0 Å². The molecule has 1 aromatic carbocycles. The Kier molecular flexibility index (Phi) is 3.93. The first-order valence-corrected chi connectivity index (χ1v) is 7.92. The van der Waals surface area contributed by atoms with E-state index < -0.39 is 5.41 Å². The van der Waals surface area contributed by atoms with Crippen LogP contribution in [-0.4, -0.2) is 0 Å². The van der Waals surface area contributed by atoms with Crippen LogP contribution >= 0.6 is 0 Å². The van der Waals surface area contributed by atoms with Gasteiger partial charge in [0.25, 0.3) is 0 Å². The number of rotatable bonds is 5. The fourth-order valence-corrected chi connectivity index (χ4v) is 2.85. The zero-order valence-corrected chi connectivity index (χ0v) is 13.4. The van der Waals surface area contributed by atoms with Gasteiger partial charge < -0.3 is 8.83 Å². The molecule has 2 nitrogen and oxygen atoms in total. The molecule has 2 heteroatoms. The minimum Gasteiger partial charge on any atom is -0.465 e. The summed E-state index contributed by atoms with van der Waals surface area (Å²) in [5.41, 5.74) is 0.756. The van der Waals surface area contributed by atoms with Gasteiger partial charge in [0.2, 0.25) is 0 Å². The summed E-state index contributed by atoms with van der Waals surface area (Å²) < 4.78 is 12.2. The van der Waals surface area contributed by atoms with E-state index in [0.717, 1.165) is 35.9 Å². The SMILES string of the molecule is CCc1ccc(C(C)(c2ccccc2)c2ccc(CC)o2)o1. The maximum Gasteiger partial charge on any atom is 0.122 e. The van der Waals surface area contributed by atoms with Crippen molar-refractivity contribution in [2.24, 2.45) is 0 Å². The Morgan fingerprint density at radius 1 is 0.727 bits per heavy atom. The van der Waals surface area contributed by atoms with Crippen LogP contribution in [-0.2, 0) is 18.3 Å². The highest BCUT2D eigenvalue weighted by molar-refractivity contribution is 5.43. The van der Waals surface area contributed by atoms with E-state index in [-0.39, 0.29) is 0 Å². The van der Waals surface area contributed by atoms with Crippen LogP contribution in [0.15, 0.2) is 63.4 Å². The van der Waals surface area contributed by atoms with E-state index in [1.54, 1.807) is 0 Å². The normalized spacial score (nSPS) is 11.8. The minimum atomic E-state index is -0.415. The molecular formula is C20H22O2. The Morgan fingerprint density at radius 3 is 1.64 bits per heavy atom. The molecule has 0 aliphatic rings. The third kappa shape index (κ3) is 2.39. The van der Waals surface area contributed by atoms with Crippen molar-refractivity contribution >= 4 is 0 Å². The summed E-state index contributed by atoms with van der Waals surface area (Å²) in [5.74, 6) is 3.85. The van der Waals surface area contributed by atoms with Crippen LogP contribution in [0, 0.1) is 0 Å². The third-order valence-corrected chi connectivity index (χ3v) is 4.36. The average molecular weight is 294 g/mol. The number of furan rings is 2. The zero-order chi connectivity index (χ0) is 15.6. The standard InChI is InChI=1S/C20H22O2/c1-4-16-11-13-18(21-16)20(3,15-9-7-6-8-10-15)19-14-12-17(5-2)22-19/h6-14H,4-5H2,1-3H3. The first-order valence-electron chi connectivity index (χ1n) is 7.92. The van der Waals surface area contributed by atoms with E-state index in [9.17, 15) is 0 Å². The van der Waals surface area contributed by atoms with E-state index >= 15 is 0 Å². The molecule has 3 aromatic rings. The quantitative estimate of drug-likeness (QED) is 0.634. The number of aryl methyl sites for hydroxylation is 2. The molecule has 0 N–H and O–H groups in total. The molecule has 0 atom stereocenters. The smallest absolute Gasteiger partial charge is 0.122 e. The Bertz CT molecular complexity index is 692. The summed E-state index contributed by atoms with van der Waals surface area (Å²) >= 11 is 0. The Hall–Kier alpha value is -2.22. The summed E-state index contributed by atoms with van der Waals surface area (Å²) in [5, 5.41) is 0. The topological polar surface area (TPSA) is 26.3 Å². The summed E-state index contributed by atoms with van der Waals surface area (Å²) in [6, 6.07) is 18.6. The van der Waals surface area contributed by atoms with Crippen molar-refractivity contribution in [2.75, 3.05) is 0 Å². The second-order valence-corrected chi connectivity index (χ2v) is 5.73. The van der Waals surface area contributed by atoms with Crippen molar-refractivity contribution < 1.29 is 8.83 Å². The van der Waals surface area contributed by atoms with Crippen molar-refractivity contribution in [3.8, 4) is 0 Å². The molecule has 114 valence electrons. The molecule has 22 heavy (non-hydrogen) atoms. The van der Waals surface area contributed by atoms with Crippen LogP contribution in [0.2, 0.25) is 0 Å². The molecule has 0 spiro atoms. The van der Waals surface area contributed by atoms with Gasteiger partial charge >= 0.3 is 0 Å². The fourth-order valence-electron chi connectivity index (χ4n) is 2.85. The lowest BCUT2D eigenvalue weighted by Gasteiger charge is -2.26. The van der Waals surface area contributed by atoms with Gasteiger partial charge in [0.05, 0.1) is 0 Å². The van der Waals surface area contributed by atoms with Crippen LogP contribution in [0.3, 0.4) is 0 Å². The number of benzene rings is 1. The molecule has 0 aliphatic heterocycles. The van der Waals surface area contributed by atoms with E-state index in [1.165, 1.54) is 5.56 Å². The Balaban J connectivity index is 2.17. The molecule has 0 saturated carbocycles. The van der Waals surface area contributed by atoms with Gasteiger partial charge in [-0.05, 0) is 36.8 Å². The summed E-state index contributed by atoms with van der Waals surface area (Å²) in [7, 11) is 0. The Labute approximate surface area is 131 Å². The van der Waals surface area contributed by atoms with Crippen molar-refractivity contribution in [3.63, 3.8) is 0 Å². The molecule has 0 aliphatic carbocycles. The van der Waals surface area contributed by atoms with Crippen molar-refractivity contribution in [1.29, 1.82) is 0 Å². The van der Waals surface area contributed by atoms with Gasteiger partial charge in [-0.1, -0.05) is 44.2 Å². The van der Waals surface area contributed by atoms with Crippen LogP contribution in [0.25, 0.3) is 0 Å². The highest BCUT2D eigenvalue weighted by Crippen LogP contribution is 2.40. The predicted octanol–water partition coefficient (Wildman–Crippen LogP) is 5.35. The molecule has 0 unspecified atom stereocenters. The highest BCUT2D eigenvalue weighted by atomic mass is 16.4. The first kappa shape index (κ1) is 14.7. The molecule has 0 radical (unpaired) electrons. The maximum absolute atomic E-state index is 6.09. The Morgan fingerprint density at radius 2 is 1.23 bits per heavy atom. The zero-order valence-electron chi connectivity index (χ0n) is 13.4. The lowest BCUT2D eigenvalue weighted by molar-refractivity contribution is 0.360. The highest BCUT2D eigenvalue weighted by Gasteiger charge is 2.37. The van der Waals surface area contributed by atoms with Gasteiger partial charge in [0.1, 0.15) is 28.5 Å². The van der Waals surface area contributed by atoms with E-state index in [2.05, 4.69) is 69.3 Å². The van der Waals surface area contributed by atoms with Crippen molar-refractivity contribution in [2.45, 2.75) is 39.0 Å². The van der Waals surface area contributed by atoms with Crippen molar-refractivity contribution in [1.82, 2.24) is 0 Å². The first-order chi connectivity index (χ1) is 10.7. The van der Waals surface area contributed by atoms with Gasteiger partial charge in [0.15, 0.2) is 0 Å². The maximum atomic E-state index is 6.09. The summed E-state index contributed by atoms with van der Waals surface area (Å²) in [4.78, 5) is 0. The van der Waals surface area contributed by atoms with Crippen LogP contribution in [0.4, 0.5) is 0 Å². The number of hydrogen-bond donors (Lipinski definition) is 0. The monoisotopic (exact) mass is 294 g/mol. The van der Waals surface area contributed by atoms with E-state index in [1.807, 2.05) is 6.07 Å². The summed E-state index contributed by atoms with van der Waals surface area (Å²) in [6.45, 7) is 6.37. The second-order valence-electron chi connectivity index (χ2n) is 5.73. The molecule has 0 amide bonds. The minimum absolute atomic E-state index is 0.415.